The first kappa shape index (κ1) is 15.8. The van der Waals surface area contributed by atoms with Gasteiger partial charge in [0.25, 0.3) is 0 Å². The zero-order valence-electron chi connectivity index (χ0n) is 11.3. The number of benzene rings is 1. The fourth-order valence-corrected chi connectivity index (χ4v) is 1.86. The molecule has 0 radical (unpaired) electrons. The van der Waals surface area contributed by atoms with Crippen LogP contribution < -0.4 is 10.5 Å². The van der Waals surface area contributed by atoms with Crippen LogP contribution in [-0.2, 0) is 16.0 Å². The second-order valence-corrected chi connectivity index (χ2v) is 4.59. The minimum absolute atomic E-state index is 0.0184. The Balaban J connectivity index is 2.76. The van der Waals surface area contributed by atoms with Gasteiger partial charge in [0.2, 0.25) is 0 Å². The molecule has 5 heteroatoms. The molecule has 0 saturated heterocycles. The number of halogens is 1. The van der Waals surface area contributed by atoms with E-state index in [0.717, 1.165) is 12.0 Å². The molecule has 1 atom stereocenters. The lowest BCUT2D eigenvalue weighted by Crippen LogP contribution is -2.22. The highest BCUT2D eigenvalue weighted by molar-refractivity contribution is 6.31. The summed E-state index contributed by atoms with van der Waals surface area (Å²) in [5.41, 5.74) is 6.78. The van der Waals surface area contributed by atoms with E-state index in [1.54, 1.807) is 25.1 Å². The lowest BCUT2D eigenvalue weighted by molar-refractivity contribution is -0.145. The molecule has 1 rings (SSSR count). The number of ether oxygens (including phenoxy) is 2. The zero-order chi connectivity index (χ0) is 14.3. The van der Waals surface area contributed by atoms with E-state index in [-0.39, 0.29) is 12.6 Å². The molecule has 19 heavy (non-hydrogen) atoms. The molecule has 0 fully saturated rings. The molecule has 0 aliphatic heterocycles. The van der Waals surface area contributed by atoms with Crippen molar-refractivity contribution in [1.82, 2.24) is 0 Å². The van der Waals surface area contributed by atoms with E-state index in [4.69, 9.17) is 26.8 Å². The molecule has 2 N–H and O–H groups in total. The smallest absolute Gasteiger partial charge is 0.344 e. The van der Waals surface area contributed by atoms with Gasteiger partial charge in [-0.2, -0.15) is 0 Å². The Hall–Kier alpha value is -1.26. The van der Waals surface area contributed by atoms with Crippen molar-refractivity contribution in [2.75, 3.05) is 13.2 Å². The van der Waals surface area contributed by atoms with Gasteiger partial charge in [0.05, 0.1) is 6.61 Å². The highest BCUT2D eigenvalue weighted by Gasteiger charge is 2.13. The van der Waals surface area contributed by atoms with Crippen molar-refractivity contribution in [3.05, 3.63) is 28.8 Å². The first-order valence-electron chi connectivity index (χ1n) is 6.39. The van der Waals surface area contributed by atoms with Crippen LogP contribution in [0, 0.1) is 0 Å². The Morgan fingerprint density at radius 3 is 2.79 bits per heavy atom. The van der Waals surface area contributed by atoms with Crippen LogP contribution in [0.15, 0.2) is 18.2 Å². The van der Waals surface area contributed by atoms with Crippen molar-refractivity contribution >= 4 is 17.6 Å². The van der Waals surface area contributed by atoms with Crippen LogP contribution in [-0.4, -0.2) is 25.2 Å². The Kier molecular flexibility index (Phi) is 6.67. The number of hydrogen-bond acceptors (Lipinski definition) is 4. The van der Waals surface area contributed by atoms with Gasteiger partial charge in [0, 0.05) is 16.6 Å². The summed E-state index contributed by atoms with van der Waals surface area (Å²) in [6.07, 6.45) is 1.47. The Labute approximate surface area is 118 Å². The maximum atomic E-state index is 11.3. The van der Waals surface area contributed by atoms with Gasteiger partial charge < -0.3 is 15.2 Å². The normalized spacial score (nSPS) is 12.0. The summed E-state index contributed by atoms with van der Waals surface area (Å²) in [6, 6.07) is 5.37. The largest absolute Gasteiger partial charge is 0.482 e. The van der Waals surface area contributed by atoms with E-state index >= 15 is 0 Å². The lowest BCUT2D eigenvalue weighted by Gasteiger charge is -2.15. The van der Waals surface area contributed by atoms with E-state index in [9.17, 15) is 4.79 Å². The van der Waals surface area contributed by atoms with Crippen molar-refractivity contribution in [3.8, 4) is 5.75 Å². The first-order valence-corrected chi connectivity index (χ1v) is 6.77. The summed E-state index contributed by atoms with van der Waals surface area (Å²) >= 11 is 6.16. The van der Waals surface area contributed by atoms with Crippen LogP contribution in [0.25, 0.3) is 0 Å². The summed E-state index contributed by atoms with van der Waals surface area (Å²) in [6.45, 7) is 3.98. The molecule has 0 aromatic heterocycles. The summed E-state index contributed by atoms with van der Waals surface area (Å²) in [7, 11) is 0. The third-order valence-electron chi connectivity index (χ3n) is 2.72. The van der Waals surface area contributed by atoms with E-state index in [2.05, 4.69) is 0 Å². The summed E-state index contributed by atoms with van der Waals surface area (Å²) < 4.78 is 10.3. The molecule has 0 aliphatic rings. The molecule has 0 aliphatic carbocycles. The fraction of sp³-hybridized carbons (Fsp3) is 0.500. The van der Waals surface area contributed by atoms with Crippen molar-refractivity contribution in [2.45, 2.75) is 32.7 Å². The maximum absolute atomic E-state index is 11.3. The number of carbonyl (C=O) groups is 1. The average molecular weight is 286 g/mol. The average Bonchev–Trinajstić information content (AvgIpc) is 2.39. The van der Waals surface area contributed by atoms with E-state index in [0.29, 0.717) is 23.8 Å². The molecule has 1 aromatic carbocycles. The van der Waals surface area contributed by atoms with Gasteiger partial charge in [-0.25, -0.2) is 4.79 Å². The molecule has 0 bridgehead atoms. The minimum atomic E-state index is -0.395. The standard InChI is InChI=1S/C14H20ClNO3/c1-3-10(16)8-11-12(15)6-5-7-13(11)19-9-14(17)18-4-2/h5-7,10H,3-4,8-9,16H2,1-2H3. The van der Waals surface area contributed by atoms with Crippen LogP contribution in [0.2, 0.25) is 5.02 Å². The zero-order valence-corrected chi connectivity index (χ0v) is 12.1. The summed E-state index contributed by atoms with van der Waals surface area (Å²) in [5.74, 6) is 0.192. The van der Waals surface area contributed by atoms with Gasteiger partial charge in [-0.3, -0.25) is 0 Å². The lowest BCUT2D eigenvalue weighted by atomic mass is 10.0. The van der Waals surface area contributed by atoms with Crippen molar-refractivity contribution < 1.29 is 14.3 Å². The molecule has 0 spiro atoms. The Bertz CT molecular complexity index is 423. The number of esters is 1. The molecule has 1 aromatic rings. The summed E-state index contributed by atoms with van der Waals surface area (Å²) in [5, 5.41) is 0.602. The van der Waals surface area contributed by atoms with Gasteiger partial charge in [-0.1, -0.05) is 24.6 Å². The molecule has 0 heterocycles. The van der Waals surface area contributed by atoms with Crippen LogP contribution in [0.5, 0.6) is 5.75 Å². The predicted octanol–water partition coefficient (Wildman–Crippen LogP) is 2.56. The predicted molar refractivity (Wildman–Crippen MR) is 75.6 cm³/mol. The van der Waals surface area contributed by atoms with Crippen LogP contribution in [0.1, 0.15) is 25.8 Å². The SMILES string of the molecule is CCOC(=O)COc1cccc(Cl)c1CC(N)CC. The summed E-state index contributed by atoms with van der Waals surface area (Å²) in [4.78, 5) is 11.3. The van der Waals surface area contributed by atoms with Gasteiger partial charge in [0.1, 0.15) is 5.75 Å². The van der Waals surface area contributed by atoms with E-state index in [1.165, 1.54) is 0 Å². The first-order chi connectivity index (χ1) is 9.08. The number of carbonyl (C=O) groups excluding carboxylic acids is 1. The van der Waals surface area contributed by atoms with E-state index in [1.807, 2.05) is 6.92 Å². The highest BCUT2D eigenvalue weighted by atomic mass is 35.5. The van der Waals surface area contributed by atoms with Crippen LogP contribution in [0.4, 0.5) is 0 Å². The van der Waals surface area contributed by atoms with Crippen LogP contribution >= 0.6 is 11.6 Å². The minimum Gasteiger partial charge on any atom is -0.482 e. The van der Waals surface area contributed by atoms with Crippen molar-refractivity contribution in [1.29, 1.82) is 0 Å². The Morgan fingerprint density at radius 1 is 1.42 bits per heavy atom. The molecule has 0 saturated carbocycles. The number of rotatable bonds is 7. The molecule has 4 nitrogen and oxygen atoms in total. The third kappa shape index (κ3) is 5.09. The monoisotopic (exact) mass is 285 g/mol. The molecular weight excluding hydrogens is 266 g/mol. The quantitative estimate of drug-likeness (QED) is 0.782. The fourth-order valence-electron chi connectivity index (χ4n) is 1.62. The molecule has 1 unspecified atom stereocenters. The van der Waals surface area contributed by atoms with Crippen LogP contribution in [0.3, 0.4) is 0 Å². The molecule has 106 valence electrons. The van der Waals surface area contributed by atoms with Crippen molar-refractivity contribution in [3.63, 3.8) is 0 Å². The molecule has 0 amide bonds. The van der Waals surface area contributed by atoms with Gasteiger partial charge in [-0.05, 0) is 31.9 Å². The van der Waals surface area contributed by atoms with Gasteiger partial charge >= 0.3 is 5.97 Å². The van der Waals surface area contributed by atoms with Gasteiger partial charge in [0.15, 0.2) is 6.61 Å². The Morgan fingerprint density at radius 2 is 2.16 bits per heavy atom. The van der Waals surface area contributed by atoms with E-state index < -0.39 is 5.97 Å². The van der Waals surface area contributed by atoms with Crippen molar-refractivity contribution in [2.24, 2.45) is 5.73 Å². The molecular formula is C14H20ClNO3. The maximum Gasteiger partial charge on any atom is 0.344 e. The second-order valence-electron chi connectivity index (χ2n) is 4.18. The van der Waals surface area contributed by atoms with Gasteiger partial charge in [-0.15, -0.1) is 0 Å². The number of nitrogens with two attached hydrogens (primary N) is 1. The topological polar surface area (TPSA) is 61.5 Å². The highest BCUT2D eigenvalue weighted by Crippen LogP contribution is 2.28. The third-order valence-corrected chi connectivity index (χ3v) is 3.07. The second kappa shape index (κ2) is 8.02. The number of hydrogen-bond donors (Lipinski definition) is 1.